The van der Waals surface area contributed by atoms with Gasteiger partial charge in [-0.1, -0.05) is 23.5 Å². The molecular weight excluding hydrogens is 411 g/mol. The van der Waals surface area contributed by atoms with E-state index in [1.807, 2.05) is 23.0 Å². The fourth-order valence-corrected chi connectivity index (χ4v) is 4.21. The Hall–Kier alpha value is -1.44. The number of aryl methyl sites for hydroxylation is 1. The number of rotatable bonds is 4. The molecule has 1 heterocycles. The van der Waals surface area contributed by atoms with Crippen molar-refractivity contribution in [1.29, 1.82) is 0 Å². The topological polar surface area (TPSA) is 34.4 Å². The van der Waals surface area contributed by atoms with Gasteiger partial charge in [0.1, 0.15) is 5.82 Å². The minimum atomic E-state index is -0.313. The highest BCUT2D eigenvalue weighted by molar-refractivity contribution is 9.10. The van der Waals surface area contributed by atoms with E-state index in [-0.39, 0.29) is 11.7 Å². The average Bonchev–Trinajstić information content (AvgIpc) is 2.89. The minimum Gasteiger partial charge on any atom is -0.316 e. The summed E-state index contributed by atoms with van der Waals surface area (Å²) < 4.78 is 17.0. The maximum absolute atomic E-state index is 13.5. The fourth-order valence-electron chi connectivity index (χ4n) is 2.31. The van der Waals surface area contributed by atoms with E-state index in [0.717, 1.165) is 22.5 Å². The molecule has 0 atom stereocenters. The molecule has 3 nitrogen and oxygen atoms in total. The molecule has 1 aromatic heterocycles. The molecule has 124 valence electrons. The van der Waals surface area contributed by atoms with E-state index >= 15 is 0 Å². The van der Waals surface area contributed by atoms with Crippen molar-refractivity contribution in [2.45, 2.75) is 6.54 Å². The first-order valence-corrected chi connectivity index (χ1v) is 10.2. The third-order valence-corrected chi connectivity index (χ3v) is 5.79. The van der Waals surface area contributed by atoms with Crippen LogP contribution in [0.5, 0.6) is 0 Å². The highest BCUT2D eigenvalue weighted by atomic mass is 79.9. The molecule has 0 saturated heterocycles. The number of hydrogen-bond donors (Lipinski definition) is 0. The summed E-state index contributed by atoms with van der Waals surface area (Å²) in [5, 5.41) is 0. The first kappa shape index (κ1) is 17.4. The normalized spacial score (nSPS) is 12.0. The van der Waals surface area contributed by atoms with Crippen LogP contribution in [0.25, 0.3) is 10.2 Å². The van der Waals surface area contributed by atoms with Crippen LogP contribution in [-0.2, 0) is 6.54 Å². The Morgan fingerprint density at radius 3 is 2.88 bits per heavy atom. The Labute approximate surface area is 155 Å². The van der Waals surface area contributed by atoms with Crippen molar-refractivity contribution in [2.75, 3.05) is 12.0 Å². The number of thioether (sulfide) groups is 1. The van der Waals surface area contributed by atoms with Crippen LogP contribution in [0.3, 0.4) is 0 Å². The molecule has 0 bridgehead atoms. The monoisotopic (exact) mass is 424 g/mol. The van der Waals surface area contributed by atoms with Crippen LogP contribution >= 0.6 is 39.0 Å². The van der Waals surface area contributed by atoms with Gasteiger partial charge < -0.3 is 4.57 Å². The van der Waals surface area contributed by atoms with Crippen molar-refractivity contribution in [2.24, 2.45) is 4.99 Å². The summed E-state index contributed by atoms with van der Waals surface area (Å²) in [6.07, 6.45) is 2.03. The molecule has 1 amide bonds. The Morgan fingerprint density at radius 1 is 1.33 bits per heavy atom. The largest absolute Gasteiger partial charge is 0.316 e. The van der Waals surface area contributed by atoms with E-state index < -0.39 is 0 Å². The second-order valence-corrected chi connectivity index (χ2v) is 7.89. The highest BCUT2D eigenvalue weighted by Crippen LogP contribution is 2.20. The molecule has 0 N–H and O–H groups in total. The number of halogens is 2. The van der Waals surface area contributed by atoms with E-state index in [9.17, 15) is 9.18 Å². The molecule has 0 saturated carbocycles. The summed E-state index contributed by atoms with van der Waals surface area (Å²) in [6, 6.07) is 11.8. The lowest BCUT2D eigenvalue weighted by Gasteiger charge is -2.04. The smallest absolute Gasteiger partial charge is 0.280 e. The van der Waals surface area contributed by atoms with Gasteiger partial charge in [0.25, 0.3) is 5.91 Å². The molecule has 0 aliphatic rings. The summed E-state index contributed by atoms with van der Waals surface area (Å²) >= 11 is 6.42. The summed E-state index contributed by atoms with van der Waals surface area (Å²) in [5.41, 5.74) is 1.41. The lowest BCUT2D eigenvalue weighted by molar-refractivity contribution is 0.0997. The van der Waals surface area contributed by atoms with Crippen LogP contribution < -0.4 is 4.80 Å². The van der Waals surface area contributed by atoms with E-state index in [1.165, 1.54) is 23.5 Å². The van der Waals surface area contributed by atoms with Gasteiger partial charge in [0.05, 0.1) is 15.8 Å². The third-order valence-electron chi connectivity index (χ3n) is 3.47. The second-order valence-electron chi connectivity index (χ2n) is 5.04. The number of fused-ring (bicyclic) bond motifs is 1. The van der Waals surface area contributed by atoms with Gasteiger partial charge in [0, 0.05) is 16.8 Å². The molecular formula is C17H14BrFN2OS2. The van der Waals surface area contributed by atoms with Crippen molar-refractivity contribution in [3.05, 3.63) is 63.1 Å². The Morgan fingerprint density at radius 2 is 2.12 bits per heavy atom. The number of thiazole rings is 1. The first-order valence-electron chi connectivity index (χ1n) is 7.21. The summed E-state index contributed by atoms with van der Waals surface area (Å²) in [7, 11) is 0. The standard InChI is InChI=1S/C17H14BrFN2OS2/c1-23-9-8-21-14-7-6-11(19)10-15(14)24-17(21)20-16(22)12-4-2-3-5-13(12)18/h2-7,10H,8-9H2,1H3. The van der Waals surface area contributed by atoms with Crippen molar-refractivity contribution < 1.29 is 9.18 Å². The molecule has 24 heavy (non-hydrogen) atoms. The van der Waals surface area contributed by atoms with E-state index in [1.54, 1.807) is 30.0 Å². The maximum Gasteiger partial charge on any atom is 0.280 e. The predicted molar refractivity (Wildman–Crippen MR) is 102 cm³/mol. The van der Waals surface area contributed by atoms with E-state index in [0.29, 0.717) is 14.8 Å². The van der Waals surface area contributed by atoms with Crippen LogP contribution in [0.4, 0.5) is 4.39 Å². The van der Waals surface area contributed by atoms with Crippen LogP contribution in [0.1, 0.15) is 10.4 Å². The van der Waals surface area contributed by atoms with Crippen LogP contribution in [0, 0.1) is 5.82 Å². The summed E-state index contributed by atoms with van der Waals surface area (Å²) in [5.74, 6) is 0.288. The highest BCUT2D eigenvalue weighted by Gasteiger charge is 2.11. The maximum atomic E-state index is 13.5. The van der Waals surface area contributed by atoms with Crippen LogP contribution in [0.2, 0.25) is 0 Å². The van der Waals surface area contributed by atoms with Gasteiger partial charge in [-0.2, -0.15) is 16.8 Å². The zero-order valence-corrected chi connectivity index (χ0v) is 16.0. The van der Waals surface area contributed by atoms with Gasteiger partial charge in [-0.3, -0.25) is 4.79 Å². The van der Waals surface area contributed by atoms with Gasteiger partial charge in [-0.05, 0) is 52.5 Å². The average molecular weight is 425 g/mol. The third kappa shape index (κ3) is 3.63. The Kier molecular flexibility index (Phi) is 5.53. The number of carbonyl (C=O) groups is 1. The molecule has 0 aliphatic carbocycles. The molecule has 0 fully saturated rings. The Bertz CT molecular complexity index is 965. The van der Waals surface area contributed by atoms with Crippen molar-refractivity contribution in [1.82, 2.24) is 4.57 Å². The molecule has 3 rings (SSSR count). The SMILES string of the molecule is CSCCn1c(=NC(=O)c2ccccc2Br)sc2cc(F)ccc21. The molecule has 3 aromatic rings. The summed E-state index contributed by atoms with van der Waals surface area (Å²) in [4.78, 5) is 17.4. The van der Waals surface area contributed by atoms with Gasteiger partial charge >= 0.3 is 0 Å². The van der Waals surface area contributed by atoms with Gasteiger partial charge in [0.2, 0.25) is 0 Å². The lowest BCUT2D eigenvalue weighted by Crippen LogP contribution is -2.18. The number of nitrogens with zero attached hydrogens (tertiary/aromatic N) is 2. The van der Waals surface area contributed by atoms with Crippen molar-refractivity contribution in [3.8, 4) is 0 Å². The minimum absolute atomic E-state index is 0.288. The number of carbonyl (C=O) groups excluding carboxylic acids is 1. The fraction of sp³-hybridized carbons (Fsp3) is 0.176. The lowest BCUT2D eigenvalue weighted by atomic mass is 10.2. The number of benzene rings is 2. The van der Waals surface area contributed by atoms with Crippen LogP contribution in [-0.4, -0.2) is 22.5 Å². The molecule has 0 aliphatic heterocycles. The predicted octanol–water partition coefficient (Wildman–Crippen LogP) is 4.71. The number of aromatic nitrogens is 1. The molecule has 0 unspecified atom stereocenters. The zero-order chi connectivity index (χ0) is 17.1. The number of hydrogen-bond acceptors (Lipinski definition) is 3. The first-order chi connectivity index (χ1) is 11.6. The van der Waals surface area contributed by atoms with Gasteiger partial charge in [0.15, 0.2) is 4.80 Å². The van der Waals surface area contributed by atoms with Crippen molar-refractivity contribution >= 4 is 55.2 Å². The molecule has 2 aromatic carbocycles. The van der Waals surface area contributed by atoms with E-state index in [2.05, 4.69) is 20.9 Å². The number of amides is 1. The zero-order valence-electron chi connectivity index (χ0n) is 12.8. The van der Waals surface area contributed by atoms with E-state index in [4.69, 9.17) is 0 Å². The van der Waals surface area contributed by atoms with Crippen molar-refractivity contribution in [3.63, 3.8) is 0 Å². The van der Waals surface area contributed by atoms with Gasteiger partial charge in [-0.25, -0.2) is 4.39 Å². The summed E-state index contributed by atoms with van der Waals surface area (Å²) in [6.45, 7) is 0.717. The second kappa shape index (κ2) is 7.63. The quantitative estimate of drug-likeness (QED) is 0.607. The Balaban J connectivity index is 2.13. The van der Waals surface area contributed by atoms with Gasteiger partial charge in [-0.15, -0.1) is 0 Å². The molecule has 0 radical (unpaired) electrons. The van der Waals surface area contributed by atoms with Crippen LogP contribution in [0.15, 0.2) is 51.9 Å². The molecule has 7 heteroatoms. The molecule has 0 spiro atoms.